The highest BCUT2D eigenvalue weighted by atomic mass is 35.5. The van der Waals surface area contributed by atoms with Gasteiger partial charge in [0.1, 0.15) is 0 Å². The van der Waals surface area contributed by atoms with Crippen LogP contribution in [0.2, 0.25) is 5.02 Å². The molecule has 110 valence electrons. The van der Waals surface area contributed by atoms with Gasteiger partial charge in [0.05, 0.1) is 11.7 Å². The number of nitrogens with one attached hydrogen (secondary N) is 1. The Morgan fingerprint density at radius 3 is 2.81 bits per heavy atom. The van der Waals surface area contributed by atoms with Gasteiger partial charge in [-0.3, -0.25) is 9.78 Å². The van der Waals surface area contributed by atoms with Gasteiger partial charge in [0.25, 0.3) is 0 Å². The van der Waals surface area contributed by atoms with Crippen molar-refractivity contribution in [1.82, 2.24) is 10.3 Å². The second kappa shape index (κ2) is 7.23. The van der Waals surface area contributed by atoms with Crippen LogP contribution in [0, 0.1) is 6.92 Å². The topological polar surface area (TPSA) is 42.0 Å². The Morgan fingerprint density at radius 1 is 1.33 bits per heavy atom. The summed E-state index contributed by atoms with van der Waals surface area (Å²) in [7, 11) is 0. The van der Waals surface area contributed by atoms with Gasteiger partial charge < -0.3 is 5.32 Å². The van der Waals surface area contributed by atoms with Crippen LogP contribution in [0.4, 0.5) is 0 Å². The monoisotopic (exact) mass is 302 g/mol. The van der Waals surface area contributed by atoms with Crippen molar-refractivity contribution in [3.05, 3.63) is 64.4 Å². The van der Waals surface area contributed by atoms with E-state index in [0.717, 1.165) is 21.8 Å². The number of hydrogen-bond acceptors (Lipinski definition) is 2. The maximum atomic E-state index is 12.0. The molecule has 0 fully saturated rings. The molecule has 4 heteroatoms. The molecule has 1 N–H and O–H groups in total. The van der Waals surface area contributed by atoms with E-state index in [1.165, 1.54) is 0 Å². The van der Waals surface area contributed by atoms with Crippen molar-refractivity contribution in [3.63, 3.8) is 0 Å². The first-order chi connectivity index (χ1) is 10.1. The van der Waals surface area contributed by atoms with E-state index >= 15 is 0 Å². The average Bonchev–Trinajstić information content (AvgIpc) is 2.49. The lowest BCUT2D eigenvalue weighted by Gasteiger charge is -2.13. The van der Waals surface area contributed by atoms with Crippen LogP contribution in [0.1, 0.15) is 36.2 Å². The third-order valence-electron chi connectivity index (χ3n) is 3.39. The number of hydrogen-bond donors (Lipinski definition) is 1. The molecule has 1 aromatic heterocycles. The lowest BCUT2D eigenvalue weighted by atomic mass is 10.1. The minimum absolute atomic E-state index is 0.0184. The molecule has 0 aliphatic carbocycles. The van der Waals surface area contributed by atoms with Crippen LogP contribution < -0.4 is 5.32 Å². The number of nitrogens with zero attached hydrogens (tertiary/aromatic N) is 1. The predicted octanol–water partition coefficient (Wildman–Crippen LogP) is 3.85. The van der Waals surface area contributed by atoms with Gasteiger partial charge in [-0.1, -0.05) is 29.8 Å². The molecular formula is C17H19ClN2O. The summed E-state index contributed by atoms with van der Waals surface area (Å²) >= 11 is 6.08. The highest BCUT2D eigenvalue weighted by molar-refractivity contribution is 6.31. The van der Waals surface area contributed by atoms with Crippen LogP contribution in [-0.2, 0) is 11.2 Å². The number of benzene rings is 1. The van der Waals surface area contributed by atoms with Gasteiger partial charge in [-0.15, -0.1) is 0 Å². The summed E-state index contributed by atoms with van der Waals surface area (Å²) in [6.07, 6.45) is 2.85. The van der Waals surface area contributed by atoms with Crippen molar-refractivity contribution < 1.29 is 4.79 Å². The first-order valence-corrected chi connectivity index (χ1v) is 7.39. The fourth-order valence-electron chi connectivity index (χ4n) is 2.07. The number of rotatable bonds is 5. The second-order valence-corrected chi connectivity index (χ2v) is 5.53. The fourth-order valence-corrected chi connectivity index (χ4v) is 2.27. The molecule has 1 atom stereocenters. The van der Waals surface area contributed by atoms with E-state index in [1.54, 1.807) is 6.20 Å². The van der Waals surface area contributed by atoms with E-state index in [4.69, 9.17) is 11.6 Å². The lowest BCUT2D eigenvalue weighted by Crippen LogP contribution is -2.27. The lowest BCUT2D eigenvalue weighted by molar-refractivity contribution is -0.121. The number of pyridine rings is 1. The van der Waals surface area contributed by atoms with Crippen molar-refractivity contribution in [2.24, 2.45) is 0 Å². The van der Waals surface area contributed by atoms with Crippen molar-refractivity contribution >= 4 is 17.5 Å². The van der Waals surface area contributed by atoms with Crippen LogP contribution >= 0.6 is 11.6 Å². The van der Waals surface area contributed by atoms with Gasteiger partial charge in [0.15, 0.2) is 0 Å². The van der Waals surface area contributed by atoms with E-state index in [-0.39, 0.29) is 11.9 Å². The molecule has 0 saturated carbocycles. The fraction of sp³-hybridized carbons (Fsp3) is 0.294. The second-order valence-electron chi connectivity index (χ2n) is 5.13. The molecule has 0 aliphatic heterocycles. The molecule has 0 radical (unpaired) electrons. The zero-order valence-electron chi connectivity index (χ0n) is 12.3. The largest absolute Gasteiger partial charge is 0.348 e. The van der Waals surface area contributed by atoms with Crippen molar-refractivity contribution in [2.45, 2.75) is 32.7 Å². The van der Waals surface area contributed by atoms with Crippen LogP contribution in [-0.4, -0.2) is 10.9 Å². The maximum Gasteiger partial charge on any atom is 0.220 e. The SMILES string of the molecule is Cc1ccc(CCC(=O)NC(C)c2ccccn2)cc1Cl. The summed E-state index contributed by atoms with van der Waals surface area (Å²) < 4.78 is 0. The first-order valence-electron chi connectivity index (χ1n) is 7.01. The van der Waals surface area contributed by atoms with Gasteiger partial charge in [0, 0.05) is 17.6 Å². The Hall–Kier alpha value is -1.87. The van der Waals surface area contributed by atoms with Crippen LogP contribution in [0.15, 0.2) is 42.6 Å². The van der Waals surface area contributed by atoms with E-state index in [1.807, 2.05) is 50.2 Å². The molecule has 0 aliphatic rings. The molecule has 0 saturated heterocycles. The summed E-state index contributed by atoms with van der Waals surface area (Å²) in [4.78, 5) is 16.2. The molecule has 0 spiro atoms. The summed E-state index contributed by atoms with van der Waals surface area (Å²) in [5, 5.41) is 3.70. The highest BCUT2D eigenvalue weighted by Gasteiger charge is 2.10. The standard InChI is InChI=1S/C17H19ClN2O/c1-12-6-7-14(11-15(12)18)8-9-17(21)20-13(2)16-5-3-4-10-19-16/h3-7,10-11,13H,8-9H2,1-2H3,(H,20,21). The molecule has 1 aromatic carbocycles. The van der Waals surface area contributed by atoms with Gasteiger partial charge in [0.2, 0.25) is 5.91 Å². The van der Waals surface area contributed by atoms with Gasteiger partial charge in [-0.25, -0.2) is 0 Å². The molecule has 1 amide bonds. The number of amides is 1. The van der Waals surface area contributed by atoms with Crippen molar-refractivity contribution in [3.8, 4) is 0 Å². The van der Waals surface area contributed by atoms with Gasteiger partial charge in [-0.05, 0) is 49.6 Å². The maximum absolute atomic E-state index is 12.0. The zero-order chi connectivity index (χ0) is 15.2. The molecule has 3 nitrogen and oxygen atoms in total. The highest BCUT2D eigenvalue weighted by Crippen LogP contribution is 2.17. The number of aryl methyl sites for hydroxylation is 2. The third kappa shape index (κ3) is 4.57. The molecular weight excluding hydrogens is 284 g/mol. The van der Waals surface area contributed by atoms with Crippen LogP contribution in [0.3, 0.4) is 0 Å². The normalized spacial score (nSPS) is 12.0. The molecule has 2 rings (SSSR count). The average molecular weight is 303 g/mol. The van der Waals surface area contributed by atoms with Crippen LogP contribution in [0.25, 0.3) is 0 Å². The first kappa shape index (κ1) is 15.5. The van der Waals surface area contributed by atoms with Crippen molar-refractivity contribution in [1.29, 1.82) is 0 Å². The van der Waals surface area contributed by atoms with Gasteiger partial charge in [-0.2, -0.15) is 0 Å². The molecule has 1 heterocycles. The predicted molar refractivity (Wildman–Crippen MR) is 85.3 cm³/mol. The summed E-state index contributed by atoms with van der Waals surface area (Å²) in [5.41, 5.74) is 2.99. The third-order valence-corrected chi connectivity index (χ3v) is 3.79. The Balaban J connectivity index is 1.86. The number of carbonyl (C=O) groups excluding carboxylic acids is 1. The van der Waals surface area contributed by atoms with E-state index in [0.29, 0.717) is 12.8 Å². The Morgan fingerprint density at radius 2 is 2.14 bits per heavy atom. The Bertz CT molecular complexity index is 613. The molecule has 0 bridgehead atoms. The van der Waals surface area contributed by atoms with Gasteiger partial charge >= 0.3 is 0 Å². The minimum atomic E-state index is -0.0831. The molecule has 1 unspecified atom stereocenters. The van der Waals surface area contributed by atoms with Crippen molar-refractivity contribution in [2.75, 3.05) is 0 Å². The molecule has 21 heavy (non-hydrogen) atoms. The smallest absolute Gasteiger partial charge is 0.220 e. The van der Waals surface area contributed by atoms with E-state index < -0.39 is 0 Å². The molecule has 2 aromatic rings. The Labute approximate surface area is 130 Å². The van der Waals surface area contributed by atoms with E-state index in [9.17, 15) is 4.79 Å². The minimum Gasteiger partial charge on any atom is -0.348 e. The number of halogens is 1. The number of carbonyl (C=O) groups is 1. The number of aromatic nitrogens is 1. The summed E-state index contributed by atoms with van der Waals surface area (Å²) in [6, 6.07) is 11.5. The Kier molecular flexibility index (Phi) is 5.34. The zero-order valence-corrected chi connectivity index (χ0v) is 13.0. The van der Waals surface area contributed by atoms with Crippen LogP contribution in [0.5, 0.6) is 0 Å². The quantitative estimate of drug-likeness (QED) is 0.911. The summed E-state index contributed by atoms with van der Waals surface area (Å²) in [5.74, 6) is 0.0184. The van der Waals surface area contributed by atoms with E-state index in [2.05, 4.69) is 10.3 Å². The summed E-state index contributed by atoms with van der Waals surface area (Å²) in [6.45, 7) is 3.90.